The molecule has 1 N–H and O–H groups in total. The molecule has 1 aliphatic rings. The first-order valence-corrected chi connectivity index (χ1v) is 8.68. The summed E-state index contributed by atoms with van der Waals surface area (Å²) in [7, 11) is 0. The number of hydrogen-bond donors (Lipinski definition) is 1. The van der Waals surface area contributed by atoms with Crippen LogP contribution in [0.2, 0.25) is 0 Å². The first-order valence-electron chi connectivity index (χ1n) is 7.80. The van der Waals surface area contributed by atoms with Crippen molar-refractivity contribution < 1.29 is 22.7 Å². The van der Waals surface area contributed by atoms with Crippen molar-refractivity contribution in [3.8, 4) is 11.3 Å². The first-order chi connectivity index (χ1) is 11.9. The van der Waals surface area contributed by atoms with Gasteiger partial charge in [0, 0.05) is 28.5 Å². The predicted molar refractivity (Wildman–Crippen MR) is 92.5 cm³/mol. The molecule has 1 aromatic carbocycles. The molecule has 0 radical (unpaired) electrons. The summed E-state index contributed by atoms with van der Waals surface area (Å²) in [4.78, 5) is 4.17. The fraction of sp³-hybridized carbons (Fsp3) is 0.412. The Kier molecular flexibility index (Phi) is 4.35. The third-order valence-corrected chi connectivity index (χ3v) is 4.93. The zero-order valence-corrected chi connectivity index (χ0v) is 15.1. The topological polar surface area (TPSA) is 48.7 Å². The fourth-order valence-corrected chi connectivity index (χ4v) is 3.35. The summed E-state index contributed by atoms with van der Waals surface area (Å²) in [6.45, 7) is 5.20. The summed E-state index contributed by atoms with van der Waals surface area (Å²) in [5.74, 6) is -0.422. The van der Waals surface area contributed by atoms with E-state index in [0.717, 1.165) is 11.3 Å². The number of alkyl halides is 3. The van der Waals surface area contributed by atoms with Gasteiger partial charge in [-0.2, -0.15) is 23.3 Å². The minimum atomic E-state index is -4.91. The van der Waals surface area contributed by atoms with E-state index in [1.165, 1.54) is 24.3 Å². The Bertz CT molecular complexity index is 839. The molecule has 1 aliphatic heterocycles. The van der Waals surface area contributed by atoms with E-state index in [0.29, 0.717) is 16.3 Å². The van der Waals surface area contributed by atoms with Crippen LogP contribution < -0.4 is 5.01 Å². The number of halogens is 4. The Hall–Kier alpha value is -2.00. The van der Waals surface area contributed by atoms with Gasteiger partial charge in [-0.3, -0.25) is 0 Å². The molecular weight excluding hydrogens is 370 g/mol. The van der Waals surface area contributed by atoms with Gasteiger partial charge in [-0.25, -0.2) is 9.37 Å². The van der Waals surface area contributed by atoms with Gasteiger partial charge in [0.2, 0.25) is 5.13 Å². The van der Waals surface area contributed by atoms with Gasteiger partial charge in [0.15, 0.2) is 0 Å². The SMILES string of the molecule is CC(C)(C)C1=NN(c2nc(-c3ccc(F)cc3)cs2)[C@](O)(C(F)(F)F)C1. The second-order valence-electron chi connectivity index (χ2n) is 7.12. The van der Waals surface area contributed by atoms with Crippen LogP contribution in [-0.2, 0) is 0 Å². The molecule has 26 heavy (non-hydrogen) atoms. The van der Waals surface area contributed by atoms with Crippen LogP contribution in [-0.4, -0.2) is 27.7 Å². The zero-order valence-electron chi connectivity index (χ0n) is 14.3. The van der Waals surface area contributed by atoms with Crippen molar-refractivity contribution in [2.24, 2.45) is 10.5 Å². The highest BCUT2D eigenvalue weighted by Crippen LogP contribution is 2.46. The number of rotatable bonds is 2. The Labute approximate surface area is 151 Å². The van der Waals surface area contributed by atoms with Gasteiger partial charge in [0.05, 0.1) is 5.69 Å². The van der Waals surface area contributed by atoms with E-state index in [1.807, 2.05) is 0 Å². The highest BCUT2D eigenvalue weighted by Gasteiger charge is 2.63. The molecule has 2 aromatic rings. The van der Waals surface area contributed by atoms with Crippen molar-refractivity contribution in [1.29, 1.82) is 0 Å². The predicted octanol–water partition coefficient (Wildman–Crippen LogP) is 4.81. The molecule has 0 spiro atoms. The van der Waals surface area contributed by atoms with Crippen LogP contribution in [0.4, 0.5) is 22.7 Å². The summed E-state index contributed by atoms with van der Waals surface area (Å²) in [6, 6.07) is 5.45. The highest BCUT2D eigenvalue weighted by molar-refractivity contribution is 7.14. The average Bonchev–Trinajstić information content (AvgIpc) is 3.12. The molecule has 0 bridgehead atoms. The number of anilines is 1. The number of nitrogens with zero attached hydrogens (tertiary/aromatic N) is 3. The number of benzene rings is 1. The van der Waals surface area contributed by atoms with E-state index in [4.69, 9.17) is 0 Å². The van der Waals surface area contributed by atoms with Crippen LogP contribution >= 0.6 is 11.3 Å². The third kappa shape index (κ3) is 3.21. The quantitative estimate of drug-likeness (QED) is 0.752. The van der Waals surface area contributed by atoms with Gasteiger partial charge in [0.1, 0.15) is 5.82 Å². The average molecular weight is 387 g/mol. The smallest absolute Gasteiger partial charge is 0.362 e. The Balaban J connectivity index is 2.02. The molecule has 0 fully saturated rings. The zero-order chi connectivity index (χ0) is 19.3. The lowest BCUT2D eigenvalue weighted by Crippen LogP contribution is -2.55. The molecule has 0 aliphatic carbocycles. The first kappa shape index (κ1) is 18.8. The molecule has 0 saturated heterocycles. The van der Waals surface area contributed by atoms with Gasteiger partial charge in [-0.15, -0.1) is 11.3 Å². The maximum Gasteiger partial charge on any atom is 0.438 e. The van der Waals surface area contributed by atoms with E-state index in [-0.39, 0.29) is 10.8 Å². The lowest BCUT2D eigenvalue weighted by atomic mass is 9.86. The molecular formula is C17H17F4N3OS. The van der Waals surface area contributed by atoms with E-state index in [2.05, 4.69) is 10.1 Å². The maximum atomic E-state index is 13.6. The maximum absolute atomic E-state index is 13.6. The molecule has 9 heteroatoms. The number of aliphatic hydroxyl groups is 1. The van der Waals surface area contributed by atoms with Crippen molar-refractivity contribution in [2.45, 2.75) is 39.1 Å². The third-order valence-electron chi connectivity index (χ3n) is 4.12. The molecule has 0 saturated carbocycles. The van der Waals surface area contributed by atoms with Crippen LogP contribution in [0.5, 0.6) is 0 Å². The van der Waals surface area contributed by atoms with E-state index < -0.39 is 29.6 Å². The van der Waals surface area contributed by atoms with Gasteiger partial charge in [0.25, 0.3) is 5.72 Å². The van der Waals surface area contributed by atoms with Crippen molar-refractivity contribution in [3.63, 3.8) is 0 Å². The van der Waals surface area contributed by atoms with Crippen molar-refractivity contribution in [2.75, 3.05) is 5.01 Å². The van der Waals surface area contributed by atoms with Gasteiger partial charge >= 0.3 is 6.18 Å². The summed E-state index contributed by atoms with van der Waals surface area (Å²) >= 11 is 0.931. The monoisotopic (exact) mass is 387 g/mol. The van der Waals surface area contributed by atoms with Crippen molar-refractivity contribution in [1.82, 2.24) is 4.98 Å². The minimum absolute atomic E-state index is 0.0802. The molecule has 4 nitrogen and oxygen atoms in total. The van der Waals surface area contributed by atoms with E-state index in [1.54, 1.807) is 26.2 Å². The summed E-state index contributed by atoms with van der Waals surface area (Å²) in [6.07, 6.45) is -5.56. The molecule has 1 atom stereocenters. The molecule has 140 valence electrons. The Morgan fingerprint density at radius 2 is 1.77 bits per heavy atom. The number of hydrogen-bond acceptors (Lipinski definition) is 5. The van der Waals surface area contributed by atoms with Crippen LogP contribution in [0.25, 0.3) is 11.3 Å². The second-order valence-corrected chi connectivity index (χ2v) is 7.96. The van der Waals surface area contributed by atoms with Crippen LogP contribution in [0.15, 0.2) is 34.7 Å². The van der Waals surface area contributed by atoms with E-state index in [9.17, 15) is 22.7 Å². The number of thiazole rings is 1. The second kappa shape index (κ2) is 6.02. The van der Waals surface area contributed by atoms with Gasteiger partial charge in [-0.05, 0) is 24.3 Å². The summed E-state index contributed by atoms with van der Waals surface area (Å²) < 4.78 is 53.8. The van der Waals surface area contributed by atoms with Gasteiger partial charge < -0.3 is 5.11 Å². The normalized spacial score (nSPS) is 21.2. The Morgan fingerprint density at radius 1 is 1.15 bits per heavy atom. The minimum Gasteiger partial charge on any atom is -0.362 e. The van der Waals surface area contributed by atoms with Crippen LogP contribution in [0.3, 0.4) is 0 Å². The fourth-order valence-electron chi connectivity index (χ4n) is 2.50. The summed E-state index contributed by atoms with van der Waals surface area (Å²) in [5, 5.41) is 16.4. The highest BCUT2D eigenvalue weighted by atomic mass is 32.1. The number of aromatic nitrogens is 1. The van der Waals surface area contributed by atoms with Crippen molar-refractivity contribution in [3.05, 3.63) is 35.5 Å². The molecule has 2 heterocycles. The molecule has 1 aromatic heterocycles. The van der Waals surface area contributed by atoms with Crippen LogP contribution in [0, 0.1) is 11.2 Å². The van der Waals surface area contributed by atoms with Crippen molar-refractivity contribution >= 4 is 22.2 Å². The molecule has 0 unspecified atom stereocenters. The molecule has 0 amide bonds. The summed E-state index contributed by atoms with van der Waals surface area (Å²) in [5.41, 5.74) is -2.60. The van der Waals surface area contributed by atoms with Gasteiger partial charge in [-0.1, -0.05) is 20.8 Å². The largest absolute Gasteiger partial charge is 0.438 e. The Morgan fingerprint density at radius 3 is 2.31 bits per heavy atom. The lowest BCUT2D eigenvalue weighted by molar-refractivity contribution is -0.254. The standard InChI is InChI=1S/C17H17F4N3OS/c1-15(2,3)13-8-16(25,17(19,20)21)24(23-13)14-22-12(9-26-14)10-4-6-11(18)7-5-10/h4-7,9,25H,8H2,1-3H3/t16-/m1/s1. The van der Waals surface area contributed by atoms with Crippen LogP contribution in [0.1, 0.15) is 27.2 Å². The van der Waals surface area contributed by atoms with E-state index >= 15 is 0 Å². The lowest BCUT2D eigenvalue weighted by Gasteiger charge is -2.32. The molecule has 3 rings (SSSR count). The number of hydrazone groups is 1.